The third kappa shape index (κ3) is 1.84. The Hall–Kier alpha value is -1.96. The standard InChI is InChI=1S/C16H18N2/c1-17-15-5-3-4-12(11-15)13-6-7-16-14(10-13)8-9-18(16)2/h3-7,10-11,17H,8-9H2,1-2H3. The van der Waals surface area contributed by atoms with Crippen molar-refractivity contribution in [1.82, 2.24) is 0 Å². The molecule has 18 heavy (non-hydrogen) atoms. The number of rotatable bonds is 2. The van der Waals surface area contributed by atoms with Crippen LogP contribution in [-0.2, 0) is 6.42 Å². The summed E-state index contributed by atoms with van der Waals surface area (Å²) >= 11 is 0. The number of nitrogens with one attached hydrogen (secondary N) is 1. The Morgan fingerprint density at radius 2 is 1.89 bits per heavy atom. The van der Waals surface area contributed by atoms with Crippen molar-refractivity contribution in [2.24, 2.45) is 0 Å². The molecule has 1 aliphatic heterocycles. The molecule has 1 heterocycles. The molecule has 1 aliphatic rings. The highest BCUT2D eigenvalue weighted by molar-refractivity contribution is 5.72. The van der Waals surface area contributed by atoms with Crippen LogP contribution in [0.2, 0.25) is 0 Å². The molecule has 2 aromatic rings. The molecule has 2 heteroatoms. The predicted molar refractivity (Wildman–Crippen MR) is 78.4 cm³/mol. The normalized spacial score (nSPS) is 13.6. The van der Waals surface area contributed by atoms with Crippen molar-refractivity contribution in [3.8, 4) is 11.1 Å². The van der Waals surface area contributed by atoms with Gasteiger partial charge in [0.25, 0.3) is 0 Å². The van der Waals surface area contributed by atoms with Crippen LogP contribution in [0.3, 0.4) is 0 Å². The fourth-order valence-electron chi connectivity index (χ4n) is 2.60. The van der Waals surface area contributed by atoms with E-state index in [9.17, 15) is 0 Å². The zero-order chi connectivity index (χ0) is 12.5. The summed E-state index contributed by atoms with van der Waals surface area (Å²) in [5.41, 5.74) is 6.58. The van der Waals surface area contributed by atoms with Gasteiger partial charge in [0.15, 0.2) is 0 Å². The second-order valence-electron chi connectivity index (χ2n) is 4.85. The van der Waals surface area contributed by atoms with Gasteiger partial charge in [-0.15, -0.1) is 0 Å². The van der Waals surface area contributed by atoms with E-state index in [1.807, 2.05) is 7.05 Å². The first kappa shape index (κ1) is 11.1. The number of hydrogen-bond acceptors (Lipinski definition) is 2. The van der Waals surface area contributed by atoms with Crippen molar-refractivity contribution in [2.75, 3.05) is 30.9 Å². The molecule has 0 unspecified atom stereocenters. The molecule has 0 fully saturated rings. The molecule has 0 aliphatic carbocycles. The van der Waals surface area contributed by atoms with Crippen molar-refractivity contribution < 1.29 is 0 Å². The fraction of sp³-hybridized carbons (Fsp3) is 0.250. The van der Waals surface area contributed by atoms with Gasteiger partial charge in [0.05, 0.1) is 0 Å². The molecule has 0 saturated carbocycles. The number of anilines is 2. The second-order valence-corrected chi connectivity index (χ2v) is 4.85. The van der Waals surface area contributed by atoms with Gasteiger partial charge in [-0.25, -0.2) is 0 Å². The van der Waals surface area contributed by atoms with E-state index in [1.54, 1.807) is 0 Å². The lowest BCUT2D eigenvalue weighted by molar-refractivity contribution is 0.956. The highest BCUT2D eigenvalue weighted by atomic mass is 15.1. The Kier molecular flexibility index (Phi) is 2.71. The summed E-state index contributed by atoms with van der Waals surface area (Å²) in [5.74, 6) is 0. The minimum atomic E-state index is 1.13. The summed E-state index contributed by atoms with van der Waals surface area (Å²) in [6.07, 6.45) is 1.16. The number of benzene rings is 2. The first-order valence-corrected chi connectivity index (χ1v) is 6.40. The van der Waals surface area contributed by atoms with Crippen LogP contribution in [0.4, 0.5) is 11.4 Å². The molecule has 0 aromatic heterocycles. The van der Waals surface area contributed by atoms with Crippen LogP contribution in [0.15, 0.2) is 42.5 Å². The summed E-state index contributed by atoms with van der Waals surface area (Å²) in [6, 6.07) is 15.3. The van der Waals surface area contributed by atoms with Gasteiger partial charge in [0.2, 0.25) is 0 Å². The van der Waals surface area contributed by atoms with E-state index in [0.29, 0.717) is 0 Å². The van der Waals surface area contributed by atoms with Crippen LogP contribution in [0, 0.1) is 0 Å². The van der Waals surface area contributed by atoms with Gasteiger partial charge in [-0.2, -0.15) is 0 Å². The molecule has 0 saturated heterocycles. The molecule has 2 aromatic carbocycles. The first-order valence-electron chi connectivity index (χ1n) is 6.40. The maximum Gasteiger partial charge on any atom is 0.0397 e. The van der Waals surface area contributed by atoms with Crippen molar-refractivity contribution in [3.05, 3.63) is 48.0 Å². The van der Waals surface area contributed by atoms with Crippen molar-refractivity contribution >= 4 is 11.4 Å². The summed E-state index contributed by atoms with van der Waals surface area (Å²) < 4.78 is 0. The number of fused-ring (bicyclic) bond motifs is 1. The van der Waals surface area contributed by atoms with Crippen LogP contribution in [0.25, 0.3) is 11.1 Å². The topological polar surface area (TPSA) is 15.3 Å². The molecule has 1 N–H and O–H groups in total. The SMILES string of the molecule is CNc1cccc(-c2ccc3c(c2)CCN3C)c1. The largest absolute Gasteiger partial charge is 0.388 e. The van der Waals surface area contributed by atoms with Gasteiger partial charge < -0.3 is 10.2 Å². The third-order valence-electron chi connectivity index (χ3n) is 3.69. The van der Waals surface area contributed by atoms with E-state index in [-0.39, 0.29) is 0 Å². The highest BCUT2D eigenvalue weighted by Crippen LogP contribution is 2.31. The summed E-state index contributed by atoms with van der Waals surface area (Å²) in [4.78, 5) is 2.32. The van der Waals surface area contributed by atoms with Crippen LogP contribution < -0.4 is 10.2 Å². The average Bonchev–Trinajstić information content (AvgIpc) is 2.80. The molecule has 3 rings (SSSR count). The van der Waals surface area contributed by atoms with Crippen LogP contribution in [0.1, 0.15) is 5.56 Å². The quantitative estimate of drug-likeness (QED) is 0.862. The van der Waals surface area contributed by atoms with E-state index >= 15 is 0 Å². The van der Waals surface area contributed by atoms with E-state index in [1.165, 1.54) is 22.4 Å². The second kappa shape index (κ2) is 4.37. The van der Waals surface area contributed by atoms with Gasteiger partial charge in [0, 0.05) is 32.0 Å². The lowest BCUT2D eigenvalue weighted by Gasteiger charge is -2.12. The Labute approximate surface area is 108 Å². The summed E-state index contributed by atoms with van der Waals surface area (Å²) in [5, 5.41) is 3.19. The predicted octanol–water partition coefficient (Wildman–Crippen LogP) is 3.39. The monoisotopic (exact) mass is 238 g/mol. The van der Waals surface area contributed by atoms with E-state index < -0.39 is 0 Å². The summed E-state index contributed by atoms with van der Waals surface area (Å²) in [6.45, 7) is 1.13. The lowest BCUT2D eigenvalue weighted by Crippen LogP contribution is -2.12. The van der Waals surface area contributed by atoms with Crippen molar-refractivity contribution in [3.63, 3.8) is 0 Å². The van der Waals surface area contributed by atoms with Gasteiger partial charge in [-0.1, -0.05) is 18.2 Å². The smallest absolute Gasteiger partial charge is 0.0397 e. The zero-order valence-corrected chi connectivity index (χ0v) is 10.9. The van der Waals surface area contributed by atoms with Crippen LogP contribution >= 0.6 is 0 Å². The zero-order valence-electron chi connectivity index (χ0n) is 10.9. The van der Waals surface area contributed by atoms with Gasteiger partial charge in [-0.3, -0.25) is 0 Å². The molecule has 0 atom stereocenters. The van der Waals surface area contributed by atoms with E-state index in [4.69, 9.17) is 0 Å². The maximum absolute atomic E-state index is 3.19. The third-order valence-corrected chi connectivity index (χ3v) is 3.69. The Morgan fingerprint density at radius 1 is 1.06 bits per heavy atom. The average molecular weight is 238 g/mol. The molecular formula is C16H18N2. The van der Waals surface area contributed by atoms with E-state index in [0.717, 1.165) is 18.7 Å². The Bertz CT molecular complexity index is 575. The minimum Gasteiger partial charge on any atom is -0.388 e. The number of likely N-dealkylation sites (N-methyl/N-ethyl adjacent to an activating group) is 1. The van der Waals surface area contributed by atoms with Crippen LogP contribution in [0.5, 0.6) is 0 Å². The molecule has 0 spiro atoms. The molecule has 92 valence electrons. The van der Waals surface area contributed by atoms with Crippen LogP contribution in [-0.4, -0.2) is 20.6 Å². The maximum atomic E-state index is 3.19. The van der Waals surface area contributed by atoms with E-state index in [2.05, 4.69) is 59.7 Å². The van der Waals surface area contributed by atoms with Gasteiger partial charge in [-0.05, 0) is 47.4 Å². The lowest BCUT2D eigenvalue weighted by atomic mass is 10.0. The summed E-state index contributed by atoms with van der Waals surface area (Å²) in [7, 11) is 4.11. The van der Waals surface area contributed by atoms with Gasteiger partial charge in [0.1, 0.15) is 0 Å². The molecule has 0 amide bonds. The van der Waals surface area contributed by atoms with Gasteiger partial charge >= 0.3 is 0 Å². The molecule has 0 radical (unpaired) electrons. The Morgan fingerprint density at radius 3 is 2.72 bits per heavy atom. The number of nitrogens with zero attached hydrogens (tertiary/aromatic N) is 1. The molecule has 0 bridgehead atoms. The molecule has 2 nitrogen and oxygen atoms in total. The van der Waals surface area contributed by atoms with Crippen molar-refractivity contribution in [2.45, 2.75) is 6.42 Å². The highest BCUT2D eigenvalue weighted by Gasteiger charge is 2.15. The fourth-order valence-corrected chi connectivity index (χ4v) is 2.60. The Balaban J connectivity index is 2.02. The molecular weight excluding hydrogens is 220 g/mol. The van der Waals surface area contributed by atoms with Crippen molar-refractivity contribution in [1.29, 1.82) is 0 Å². The first-order chi connectivity index (χ1) is 8.78. The number of hydrogen-bond donors (Lipinski definition) is 1. The minimum absolute atomic E-state index is 1.13.